The first kappa shape index (κ1) is 32.7. The molecule has 0 unspecified atom stereocenters. The molecule has 12 nitrogen and oxygen atoms in total. The Kier molecular flexibility index (Phi) is 11.8. The van der Waals surface area contributed by atoms with Crippen LogP contribution in [0.15, 0.2) is 46.4 Å². The summed E-state index contributed by atoms with van der Waals surface area (Å²) in [6.07, 6.45) is 0.775. The van der Waals surface area contributed by atoms with Crippen LogP contribution in [0.5, 0.6) is 0 Å². The predicted molar refractivity (Wildman–Crippen MR) is 169 cm³/mol. The van der Waals surface area contributed by atoms with Crippen LogP contribution < -0.4 is 10.2 Å². The third kappa shape index (κ3) is 8.92. The first-order chi connectivity index (χ1) is 20.7. The number of oxime groups is 1. The normalized spacial score (nSPS) is 15.7. The molecule has 1 amide bonds. The molecule has 1 N–H and O–H groups in total. The molecule has 4 rings (SSSR count). The van der Waals surface area contributed by atoms with Gasteiger partial charge in [0.05, 0.1) is 23.9 Å². The summed E-state index contributed by atoms with van der Waals surface area (Å²) in [5.74, 6) is 0.254. The molecular formula is C29H40N6O6S2. The van der Waals surface area contributed by atoms with E-state index in [-0.39, 0.29) is 22.5 Å². The number of methoxy groups -OCH3 is 1. The van der Waals surface area contributed by atoms with Gasteiger partial charge in [-0.2, -0.15) is 0 Å². The molecule has 234 valence electrons. The van der Waals surface area contributed by atoms with Gasteiger partial charge in [-0.1, -0.05) is 42.5 Å². The van der Waals surface area contributed by atoms with Gasteiger partial charge in [0.1, 0.15) is 16.2 Å². The van der Waals surface area contributed by atoms with E-state index in [0.29, 0.717) is 53.7 Å². The second-order valence-corrected chi connectivity index (χ2v) is 13.2. The molecule has 1 aromatic carbocycles. The lowest BCUT2D eigenvalue weighted by Crippen LogP contribution is -2.33. The maximum Gasteiger partial charge on any atom is 0.280 e. The minimum absolute atomic E-state index is 0.000675. The highest BCUT2D eigenvalue weighted by molar-refractivity contribution is 7.91. The summed E-state index contributed by atoms with van der Waals surface area (Å²) < 4.78 is 35.7. The molecule has 0 aliphatic carbocycles. The van der Waals surface area contributed by atoms with Crippen LogP contribution in [0.4, 0.5) is 10.9 Å². The molecule has 1 saturated heterocycles. The number of likely N-dealkylation sites (N-methyl/N-ethyl adjacent to an activating group) is 2. The molecular weight excluding hydrogens is 592 g/mol. The van der Waals surface area contributed by atoms with Crippen LogP contribution in [0.2, 0.25) is 0 Å². The summed E-state index contributed by atoms with van der Waals surface area (Å²) in [5, 5.41) is 7.36. The van der Waals surface area contributed by atoms with E-state index < -0.39 is 15.7 Å². The summed E-state index contributed by atoms with van der Waals surface area (Å²) >= 11 is 1.27. The van der Waals surface area contributed by atoms with Gasteiger partial charge in [-0.15, -0.1) is 0 Å². The number of ether oxygens (including phenoxy) is 2. The third-order valence-corrected chi connectivity index (χ3v) is 9.84. The number of anilines is 2. The van der Waals surface area contributed by atoms with Gasteiger partial charge < -0.3 is 24.1 Å². The first-order valence-electron chi connectivity index (χ1n) is 14.4. The molecule has 1 aliphatic heterocycles. The van der Waals surface area contributed by atoms with Crippen molar-refractivity contribution in [2.75, 3.05) is 76.1 Å². The van der Waals surface area contributed by atoms with Crippen LogP contribution in [-0.2, 0) is 28.9 Å². The minimum Gasteiger partial charge on any atom is -0.389 e. The molecule has 14 heteroatoms. The monoisotopic (exact) mass is 632 g/mol. The number of carbonyl (C=O) groups is 1. The number of fused-ring (bicyclic) bond motifs is 1. The number of hydrogen-bond donors (Lipinski definition) is 1. The van der Waals surface area contributed by atoms with Gasteiger partial charge in [0, 0.05) is 45.8 Å². The number of amides is 1. The topological polar surface area (TPSA) is 136 Å². The number of thiazole rings is 1. The van der Waals surface area contributed by atoms with Crippen LogP contribution in [0.3, 0.4) is 0 Å². The largest absolute Gasteiger partial charge is 0.389 e. The van der Waals surface area contributed by atoms with Crippen LogP contribution >= 0.6 is 11.3 Å². The van der Waals surface area contributed by atoms with Gasteiger partial charge in [0.15, 0.2) is 26.8 Å². The zero-order valence-corrected chi connectivity index (χ0v) is 26.7. The fourth-order valence-corrected chi connectivity index (χ4v) is 6.57. The van der Waals surface area contributed by atoms with Gasteiger partial charge in [-0.05, 0) is 43.8 Å². The lowest BCUT2D eigenvalue weighted by atomic mass is 10.1. The Morgan fingerprint density at radius 1 is 1.14 bits per heavy atom. The van der Waals surface area contributed by atoms with Gasteiger partial charge in [0.2, 0.25) is 0 Å². The number of rotatable bonds is 16. The van der Waals surface area contributed by atoms with Crippen molar-refractivity contribution in [3.8, 4) is 0 Å². The van der Waals surface area contributed by atoms with Crippen LogP contribution in [0, 0.1) is 0 Å². The summed E-state index contributed by atoms with van der Waals surface area (Å²) in [5.41, 5.74) is 1.07. The second kappa shape index (κ2) is 15.5. The maximum absolute atomic E-state index is 13.5. The van der Waals surface area contributed by atoms with Crippen molar-refractivity contribution in [2.45, 2.75) is 37.7 Å². The highest BCUT2D eigenvalue weighted by Crippen LogP contribution is 2.27. The average Bonchev–Trinajstić information content (AvgIpc) is 3.67. The molecule has 2 aromatic heterocycles. The fraction of sp³-hybridized carbons (Fsp3) is 0.517. The number of nitrogens with zero attached hydrogens (tertiary/aromatic N) is 5. The Morgan fingerprint density at radius 3 is 2.58 bits per heavy atom. The SMILES string of the molecule is CCN(CC)CCN(C)c1ccc2nc(NC(=O)/C(=N/O[C@@H]3CCOC3)c3ccc(S(=O)(=O)CCCOC)cc3)sc2n1. The van der Waals surface area contributed by atoms with Gasteiger partial charge in [-0.25, -0.2) is 18.4 Å². The molecule has 3 heterocycles. The molecule has 1 atom stereocenters. The lowest BCUT2D eigenvalue weighted by molar-refractivity contribution is -0.110. The minimum atomic E-state index is -3.49. The summed E-state index contributed by atoms with van der Waals surface area (Å²) in [4.78, 5) is 33.7. The highest BCUT2D eigenvalue weighted by atomic mass is 32.2. The fourth-order valence-electron chi connectivity index (χ4n) is 4.46. The van der Waals surface area contributed by atoms with Crippen LogP contribution in [-0.4, -0.2) is 107 Å². The predicted octanol–water partition coefficient (Wildman–Crippen LogP) is 3.43. The standard InChI is InChI=1S/C29H40N6O6S2/c1-5-35(6-2)16-15-34(3)25-13-12-24-28(31-25)42-29(30-24)32-27(36)26(33-41-22-14-18-40-20-22)21-8-10-23(11-9-21)43(37,38)19-7-17-39-4/h8-13,22H,5-7,14-20H2,1-4H3,(H,30,32,36)/b33-26+/t22-/m1/s1. The third-order valence-electron chi connectivity index (χ3n) is 7.14. The van der Waals surface area contributed by atoms with Crippen molar-refractivity contribution in [2.24, 2.45) is 5.16 Å². The number of nitrogens with one attached hydrogen (secondary N) is 1. The molecule has 1 fully saturated rings. The molecule has 0 saturated carbocycles. The van der Waals surface area contributed by atoms with Crippen molar-refractivity contribution < 1.29 is 27.5 Å². The molecule has 43 heavy (non-hydrogen) atoms. The van der Waals surface area contributed by atoms with Crippen molar-refractivity contribution in [3.05, 3.63) is 42.0 Å². The Morgan fingerprint density at radius 2 is 1.91 bits per heavy atom. The van der Waals surface area contributed by atoms with Crippen molar-refractivity contribution >= 4 is 54.1 Å². The molecule has 1 aliphatic rings. The van der Waals surface area contributed by atoms with Gasteiger partial charge in [-0.3, -0.25) is 10.1 Å². The van der Waals surface area contributed by atoms with Gasteiger partial charge in [0.25, 0.3) is 5.91 Å². The Labute approximate surface area is 256 Å². The number of pyridine rings is 1. The number of carbonyl (C=O) groups excluding carboxylic acids is 1. The van der Waals surface area contributed by atoms with E-state index >= 15 is 0 Å². The lowest BCUT2D eigenvalue weighted by Gasteiger charge is -2.23. The average molecular weight is 633 g/mol. The Bertz CT molecular complexity index is 1480. The van der Waals surface area contributed by atoms with E-state index in [1.165, 1.54) is 30.6 Å². The molecule has 0 bridgehead atoms. The maximum atomic E-state index is 13.5. The second-order valence-electron chi connectivity index (χ2n) is 10.1. The highest BCUT2D eigenvalue weighted by Gasteiger charge is 2.23. The van der Waals surface area contributed by atoms with E-state index in [9.17, 15) is 13.2 Å². The quantitative estimate of drug-likeness (QED) is 0.142. The summed E-state index contributed by atoms with van der Waals surface area (Å²) in [7, 11) is 0.0466. The number of hydrogen-bond acceptors (Lipinski definition) is 12. The number of aromatic nitrogens is 2. The Hall–Kier alpha value is -3.17. The number of sulfone groups is 1. The van der Waals surface area contributed by atoms with E-state index in [0.717, 1.165) is 32.0 Å². The van der Waals surface area contributed by atoms with E-state index in [4.69, 9.17) is 19.3 Å². The van der Waals surface area contributed by atoms with Crippen LogP contribution in [0.1, 0.15) is 32.3 Å². The van der Waals surface area contributed by atoms with E-state index in [1.807, 2.05) is 19.2 Å². The van der Waals surface area contributed by atoms with Crippen molar-refractivity contribution in [1.29, 1.82) is 0 Å². The zero-order chi connectivity index (χ0) is 30.8. The van der Waals surface area contributed by atoms with Crippen molar-refractivity contribution in [3.63, 3.8) is 0 Å². The molecule has 0 radical (unpaired) electrons. The molecule has 0 spiro atoms. The van der Waals surface area contributed by atoms with Crippen LogP contribution in [0.25, 0.3) is 10.3 Å². The summed E-state index contributed by atoms with van der Waals surface area (Å²) in [6.45, 7) is 9.36. The van der Waals surface area contributed by atoms with E-state index in [2.05, 4.69) is 39.1 Å². The number of benzene rings is 1. The zero-order valence-electron chi connectivity index (χ0n) is 25.1. The van der Waals surface area contributed by atoms with Crippen molar-refractivity contribution in [1.82, 2.24) is 14.9 Å². The Balaban J connectivity index is 1.51. The van der Waals surface area contributed by atoms with E-state index in [1.54, 1.807) is 12.1 Å². The molecule has 3 aromatic rings. The first-order valence-corrected chi connectivity index (χ1v) is 16.9. The van der Waals surface area contributed by atoms with Gasteiger partial charge >= 0.3 is 0 Å². The smallest absolute Gasteiger partial charge is 0.280 e. The summed E-state index contributed by atoms with van der Waals surface area (Å²) in [6, 6.07) is 9.86.